The highest BCUT2D eigenvalue weighted by Gasteiger charge is 2.58. The zero-order valence-electron chi connectivity index (χ0n) is 14.4. The number of hydrogen-bond acceptors (Lipinski definition) is 4. The van der Waals surface area contributed by atoms with Crippen LogP contribution in [0.15, 0.2) is 57.0 Å². The van der Waals surface area contributed by atoms with Crippen LogP contribution in [0.3, 0.4) is 0 Å². The van der Waals surface area contributed by atoms with E-state index in [9.17, 15) is 0 Å². The van der Waals surface area contributed by atoms with Crippen LogP contribution >= 0.6 is 31.9 Å². The number of fused-ring (bicyclic) bond motifs is 2. The summed E-state index contributed by atoms with van der Waals surface area (Å²) in [7, 11) is 1.95. The van der Waals surface area contributed by atoms with Gasteiger partial charge in [-0.15, -0.1) is 0 Å². The lowest BCUT2D eigenvalue weighted by atomic mass is 10.0. The van der Waals surface area contributed by atoms with Crippen LogP contribution in [0.2, 0.25) is 0 Å². The van der Waals surface area contributed by atoms with E-state index >= 15 is 0 Å². The highest BCUT2D eigenvalue weighted by atomic mass is 79.9. The van der Waals surface area contributed by atoms with Gasteiger partial charge in [-0.1, -0.05) is 44.0 Å². The number of halogens is 2. The summed E-state index contributed by atoms with van der Waals surface area (Å²) in [6.45, 7) is 1.58. The Labute approximate surface area is 170 Å². The van der Waals surface area contributed by atoms with Crippen LogP contribution in [0.4, 0.5) is 0 Å². The molecule has 1 saturated carbocycles. The Morgan fingerprint density at radius 1 is 1.12 bits per heavy atom. The van der Waals surface area contributed by atoms with E-state index in [1.54, 1.807) is 0 Å². The van der Waals surface area contributed by atoms with Crippen LogP contribution in [-0.4, -0.2) is 20.2 Å². The molecule has 1 unspecified atom stereocenters. The van der Waals surface area contributed by atoms with Gasteiger partial charge >= 0.3 is 0 Å². The van der Waals surface area contributed by atoms with Crippen molar-refractivity contribution in [2.75, 3.05) is 20.2 Å². The maximum absolute atomic E-state index is 6.47. The smallest absolute Gasteiger partial charge is 0.162 e. The molecule has 2 aliphatic rings. The van der Waals surface area contributed by atoms with Gasteiger partial charge in [-0.2, -0.15) is 0 Å². The summed E-state index contributed by atoms with van der Waals surface area (Å²) in [5, 5.41) is 3.13. The monoisotopic (exact) mass is 478 g/mol. The molecule has 1 fully saturated rings. The summed E-state index contributed by atoms with van der Waals surface area (Å²) in [5.41, 5.74) is 7.30. The Bertz CT molecular complexity index is 851. The first-order valence-electron chi connectivity index (χ1n) is 8.65. The number of hydroxylamine groups is 1. The molecule has 0 aromatic heterocycles. The molecule has 6 heteroatoms. The third-order valence-corrected chi connectivity index (χ3v) is 5.77. The molecular formula is C20H20Br2N2O2. The van der Waals surface area contributed by atoms with Gasteiger partial charge in [-0.05, 0) is 50.3 Å². The second kappa shape index (κ2) is 7.35. The number of hydrogen-bond donors (Lipinski definition) is 2. The Morgan fingerprint density at radius 2 is 1.88 bits per heavy atom. The number of ether oxygens (including phenoxy) is 1. The topological polar surface area (TPSA) is 42.5 Å². The van der Waals surface area contributed by atoms with E-state index in [0.29, 0.717) is 6.61 Å². The summed E-state index contributed by atoms with van der Waals surface area (Å²) in [5.74, 6) is 0.866. The number of rotatable bonds is 7. The van der Waals surface area contributed by atoms with Gasteiger partial charge in [0.2, 0.25) is 0 Å². The van der Waals surface area contributed by atoms with Crippen LogP contribution in [0.1, 0.15) is 24.0 Å². The lowest BCUT2D eigenvalue weighted by Crippen LogP contribution is -2.25. The van der Waals surface area contributed by atoms with Crippen molar-refractivity contribution in [1.82, 2.24) is 10.8 Å². The minimum Gasteiger partial charge on any atom is -0.477 e. The molecule has 2 aromatic carbocycles. The first-order valence-corrected chi connectivity index (χ1v) is 10.2. The van der Waals surface area contributed by atoms with Crippen molar-refractivity contribution in [2.45, 2.75) is 18.4 Å². The van der Waals surface area contributed by atoms with Gasteiger partial charge < -0.3 is 10.1 Å². The quantitative estimate of drug-likeness (QED) is 0.444. The highest BCUT2D eigenvalue weighted by Crippen LogP contribution is 2.61. The molecule has 1 aliphatic carbocycles. The molecule has 0 radical (unpaired) electrons. The first kappa shape index (κ1) is 18.0. The van der Waals surface area contributed by atoms with Crippen LogP contribution in [0.5, 0.6) is 5.75 Å². The predicted octanol–water partition coefficient (Wildman–Crippen LogP) is 4.75. The lowest BCUT2D eigenvalue weighted by molar-refractivity contribution is 0.0748. The standard InChI is InChI=1S/C20H20Br2N2O2/c1-23-9-2-10-25-24-19-16-8-7-15(22)11-18(16)26-20(12-17(19)20)13-3-5-14(21)6-4-13/h3-8,11,23-24H,2,9-10,12H2,1H3. The lowest BCUT2D eigenvalue weighted by Gasteiger charge is -2.26. The third-order valence-electron chi connectivity index (χ3n) is 4.75. The predicted molar refractivity (Wildman–Crippen MR) is 110 cm³/mol. The van der Waals surface area contributed by atoms with E-state index in [2.05, 4.69) is 73.0 Å². The average molecular weight is 480 g/mol. The van der Waals surface area contributed by atoms with E-state index in [4.69, 9.17) is 9.57 Å². The van der Waals surface area contributed by atoms with Crippen molar-refractivity contribution in [3.8, 4) is 5.75 Å². The van der Waals surface area contributed by atoms with Crippen LogP contribution in [0.25, 0.3) is 5.70 Å². The molecule has 4 nitrogen and oxygen atoms in total. The summed E-state index contributed by atoms with van der Waals surface area (Å²) >= 11 is 7.05. The van der Waals surface area contributed by atoms with Gasteiger partial charge in [0.15, 0.2) is 5.60 Å². The summed E-state index contributed by atoms with van der Waals surface area (Å²) < 4.78 is 8.53. The second-order valence-electron chi connectivity index (χ2n) is 6.51. The molecule has 4 rings (SSSR count). The van der Waals surface area contributed by atoms with Gasteiger partial charge in [-0.3, -0.25) is 10.3 Å². The van der Waals surface area contributed by atoms with E-state index < -0.39 is 0 Å². The molecule has 0 spiro atoms. The van der Waals surface area contributed by atoms with Crippen LogP contribution < -0.4 is 15.5 Å². The van der Waals surface area contributed by atoms with E-state index in [0.717, 1.165) is 50.9 Å². The van der Waals surface area contributed by atoms with Crippen molar-refractivity contribution in [3.05, 3.63) is 68.1 Å². The largest absolute Gasteiger partial charge is 0.477 e. The summed E-state index contributed by atoms with van der Waals surface area (Å²) in [4.78, 5) is 5.74. The van der Waals surface area contributed by atoms with Crippen molar-refractivity contribution in [2.24, 2.45) is 0 Å². The van der Waals surface area contributed by atoms with Crippen molar-refractivity contribution < 1.29 is 9.57 Å². The van der Waals surface area contributed by atoms with E-state index in [1.807, 2.05) is 19.2 Å². The molecule has 26 heavy (non-hydrogen) atoms. The van der Waals surface area contributed by atoms with Gasteiger partial charge in [-0.25, -0.2) is 0 Å². The minimum atomic E-state index is -0.384. The molecular weight excluding hydrogens is 460 g/mol. The van der Waals surface area contributed by atoms with E-state index in [1.165, 1.54) is 5.57 Å². The SMILES string of the molecule is CNCCCONC1=C2CC2(c2ccc(Br)cc2)Oc2cc(Br)ccc21. The van der Waals surface area contributed by atoms with Crippen molar-refractivity contribution in [3.63, 3.8) is 0 Å². The van der Waals surface area contributed by atoms with Gasteiger partial charge in [0.05, 0.1) is 12.3 Å². The van der Waals surface area contributed by atoms with Crippen molar-refractivity contribution in [1.29, 1.82) is 0 Å². The maximum atomic E-state index is 6.47. The van der Waals surface area contributed by atoms with Crippen LogP contribution in [0, 0.1) is 0 Å². The normalized spacial score (nSPS) is 20.3. The molecule has 1 atom stereocenters. The molecule has 1 heterocycles. The van der Waals surface area contributed by atoms with Crippen molar-refractivity contribution >= 4 is 37.6 Å². The van der Waals surface area contributed by atoms with Gasteiger partial charge in [0, 0.05) is 32.1 Å². The summed E-state index contributed by atoms with van der Waals surface area (Å²) in [6.07, 6.45) is 1.82. The first-order chi connectivity index (χ1) is 12.6. The zero-order valence-corrected chi connectivity index (χ0v) is 17.6. The Balaban J connectivity index is 1.65. The Hall–Kier alpha value is -1.34. The zero-order chi connectivity index (χ0) is 18.1. The molecule has 136 valence electrons. The molecule has 0 amide bonds. The Kier molecular flexibility index (Phi) is 5.10. The summed E-state index contributed by atoms with van der Waals surface area (Å²) in [6, 6.07) is 14.5. The van der Waals surface area contributed by atoms with Gasteiger partial charge in [0.1, 0.15) is 5.75 Å². The minimum absolute atomic E-state index is 0.384. The van der Waals surface area contributed by atoms with Gasteiger partial charge in [0.25, 0.3) is 0 Å². The van der Waals surface area contributed by atoms with E-state index in [-0.39, 0.29) is 5.60 Å². The fraction of sp³-hybridized carbons (Fsp3) is 0.300. The van der Waals surface area contributed by atoms with Crippen LogP contribution in [-0.2, 0) is 10.4 Å². The number of nitrogens with one attached hydrogen (secondary N) is 2. The third kappa shape index (κ3) is 3.31. The highest BCUT2D eigenvalue weighted by molar-refractivity contribution is 9.10. The molecule has 0 saturated heterocycles. The number of benzene rings is 2. The molecule has 2 aromatic rings. The second-order valence-corrected chi connectivity index (χ2v) is 8.35. The fourth-order valence-electron chi connectivity index (χ4n) is 3.35. The molecule has 0 bridgehead atoms. The maximum Gasteiger partial charge on any atom is 0.162 e. The average Bonchev–Trinajstić information content (AvgIpc) is 3.36. The fourth-order valence-corrected chi connectivity index (χ4v) is 3.95. The molecule has 2 N–H and O–H groups in total. The molecule has 1 aliphatic heterocycles. The Morgan fingerprint density at radius 3 is 2.65 bits per heavy atom.